The van der Waals surface area contributed by atoms with Gasteiger partial charge in [-0.3, -0.25) is 0 Å². The van der Waals surface area contributed by atoms with Crippen molar-refractivity contribution in [2.24, 2.45) is 0 Å². The van der Waals surface area contributed by atoms with Crippen LogP contribution in [-0.2, 0) is 0 Å². The maximum absolute atomic E-state index is 5.94. The van der Waals surface area contributed by atoms with E-state index in [9.17, 15) is 0 Å². The molecule has 2 heterocycles. The number of hydrogen-bond acceptors (Lipinski definition) is 5. The second-order valence-corrected chi connectivity index (χ2v) is 4.77. The van der Waals surface area contributed by atoms with Gasteiger partial charge in [0.05, 0.1) is 5.39 Å². The van der Waals surface area contributed by atoms with Crippen molar-refractivity contribution in [1.29, 1.82) is 0 Å². The Balaban J connectivity index is 2.18. The highest BCUT2D eigenvalue weighted by molar-refractivity contribution is 7.17. The van der Waals surface area contributed by atoms with Crippen LogP contribution < -0.4 is 11.1 Å². The summed E-state index contributed by atoms with van der Waals surface area (Å²) in [7, 11) is 1.90. The Kier molecular flexibility index (Phi) is 2.60. The van der Waals surface area contributed by atoms with Gasteiger partial charge in [0.1, 0.15) is 17.0 Å². The normalized spacial score (nSPS) is 10.7. The van der Waals surface area contributed by atoms with Crippen molar-refractivity contribution >= 4 is 33.1 Å². The lowest BCUT2D eigenvalue weighted by Crippen LogP contribution is -1.92. The molecule has 0 atom stereocenters. The number of rotatable bonds is 2. The van der Waals surface area contributed by atoms with Gasteiger partial charge >= 0.3 is 0 Å². The van der Waals surface area contributed by atoms with E-state index in [1.807, 2.05) is 19.2 Å². The van der Waals surface area contributed by atoms with Crippen LogP contribution in [0.4, 0.5) is 11.5 Å². The summed E-state index contributed by atoms with van der Waals surface area (Å²) in [6, 6.07) is 8.22. The predicted octanol–water partition coefficient (Wildman–Crippen LogP) is 2.98. The van der Waals surface area contributed by atoms with E-state index in [4.69, 9.17) is 5.73 Å². The van der Waals surface area contributed by atoms with E-state index in [0.29, 0.717) is 5.82 Å². The number of nitrogen functional groups attached to an aromatic ring is 1. The maximum Gasteiger partial charge on any atom is 0.136 e. The van der Waals surface area contributed by atoms with Crippen molar-refractivity contribution < 1.29 is 0 Å². The fourth-order valence-electron chi connectivity index (χ4n) is 1.93. The molecule has 5 heteroatoms. The molecule has 0 saturated carbocycles. The second kappa shape index (κ2) is 4.27. The van der Waals surface area contributed by atoms with Gasteiger partial charge in [-0.1, -0.05) is 12.1 Å². The minimum atomic E-state index is 0.536. The lowest BCUT2D eigenvalue weighted by atomic mass is 10.1. The summed E-state index contributed by atoms with van der Waals surface area (Å²) < 4.78 is 0. The number of aromatic nitrogens is 2. The van der Waals surface area contributed by atoms with Gasteiger partial charge in [0.15, 0.2) is 0 Å². The first kappa shape index (κ1) is 11.0. The molecule has 1 aromatic carbocycles. The van der Waals surface area contributed by atoms with E-state index in [-0.39, 0.29) is 0 Å². The summed E-state index contributed by atoms with van der Waals surface area (Å²) in [5.74, 6) is 0.536. The number of benzene rings is 1. The molecule has 18 heavy (non-hydrogen) atoms. The van der Waals surface area contributed by atoms with E-state index < -0.39 is 0 Å². The number of thiophene rings is 1. The fourth-order valence-corrected chi connectivity index (χ4v) is 2.85. The summed E-state index contributed by atoms with van der Waals surface area (Å²) in [5.41, 5.74) is 9.24. The molecule has 4 nitrogen and oxygen atoms in total. The Morgan fingerprint density at radius 1 is 1.17 bits per heavy atom. The zero-order chi connectivity index (χ0) is 12.5. The molecule has 0 aliphatic carbocycles. The number of nitrogens with one attached hydrogen (secondary N) is 1. The Labute approximate surface area is 109 Å². The number of anilines is 2. The molecule has 2 aromatic heterocycles. The highest BCUT2D eigenvalue weighted by Crippen LogP contribution is 2.35. The van der Waals surface area contributed by atoms with Gasteiger partial charge < -0.3 is 11.1 Å². The summed E-state index contributed by atoms with van der Waals surface area (Å²) in [4.78, 5) is 9.22. The van der Waals surface area contributed by atoms with Gasteiger partial charge in [0.2, 0.25) is 0 Å². The minimum absolute atomic E-state index is 0.536. The first-order valence-electron chi connectivity index (χ1n) is 5.55. The molecular weight excluding hydrogens is 244 g/mol. The highest BCUT2D eigenvalue weighted by Gasteiger charge is 2.10. The lowest BCUT2D eigenvalue weighted by molar-refractivity contribution is 1.24. The molecule has 0 amide bonds. The Bertz CT molecular complexity index is 688. The summed E-state index contributed by atoms with van der Waals surface area (Å²) in [5, 5.41) is 6.12. The van der Waals surface area contributed by atoms with Crippen LogP contribution in [0, 0.1) is 0 Å². The molecule has 0 saturated heterocycles. The fraction of sp³-hybridized carbons (Fsp3) is 0.0769. The van der Waals surface area contributed by atoms with E-state index in [2.05, 4.69) is 32.8 Å². The van der Waals surface area contributed by atoms with Crippen molar-refractivity contribution in [3.8, 4) is 11.1 Å². The Morgan fingerprint density at radius 2 is 1.94 bits per heavy atom. The standard InChI is InChI=1S/C13H12N4S/c1-15-9-4-2-8(3-5-9)10-6-18-13-11(10)12(14)16-7-17-13/h2-7,15H,1H3,(H2,14,16,17). The first-order chi connectivity index (χ1) is 8.79. The van der Waals surface area contributed by atoms with Crippen molar-refractivity contribution in [2.75, 3.05) is 18.1 Å². The van der Waals surface area contributed by atoms with E-state index in [1.54, 1.807) is 11.3 Å². The van der Waals surface area contributed by atoms with Crippen molar-refractivity contribution in [1.82, 2.24) is 9.97 Å². The van der Waals surface area contributed by atoms with Crippen LogP contribution in [0.15, 0.2) is 36.0 Å². The molecule has 0 aliphatic heterocycles. The summed E-state index contributed by atoms with van der Waals surface area (Å²) in [6.07, 6.45) is 1.50. The SMILES string of the molecule is CNc1ccc(-c2csc3ncnc(N)c23)cc1. The molecule has 3 N–H and O–H groups in total. The Morgan fingerprint density at radius 3 is 2.67 bits per heavy atom. The van der Waals surface area contributed by atoms with Crippen LogP contribution in [0.2, 0.25) is 0 Å². The monoisotopic (exact) mass is 256 g/mol. The summed E-state index contributed by atoms with van der Waals surface area (Å²) in [6.45, 7) is 0. The van der Waals surface area contributed by atoms with Crippen LogP contribution >= 0.6 is 11.3 Å². The van der Waals surface area contributed by atoms with Gasteiger partial charge in [-0.05, 0) is 17.7 Å². The van der Waals surface area contributed by atoms with Crippen LogP contribution in [0.5, 0.6) is 0 Å². The number of nitrogens with two attached hydrogens (primary N) is 1. The van der Waals surface area contributed by atoms with Crippen LogP contribution in [0.3, 0.4) is 0 Å². The molecule has 0 radical (unpaired) electrons. The summed E-state index contributed by atoms with van der Waals surface area (Å²) >= 11 is 1.59. The van der Waals surface area contributed by atoms with Gasteiger partial charge in [-0.25, -0.2) is 9.97 Å². The molecule has 3 rings (SSSR count). The van der Waals surface area contributed by atoms with Gasteiger partial charge in [-0.2, -0.15) is 0 Å². The topological polar surface area (TPSA) is 63.8 Å². The van der Waals surface area contributed by atoms with Crippen LogP contribution in [0.1, 0.15) is 0 Å². The Hall–Kier alpha value is -2.14. The lowest BCUT2D eigenvalue weighted by Gasteiger charge is -2.03. The number of hydrogen-bond donors (Lipinski definition) is 2. The van der Waals surface area contributed by atoms with Crippen molar-refractivity contribution in [2.45, 2.75) is 0 Å². The van der Waals surface area contributed by atoms with Crippen LogP contribution in [-0.4, -0.2) is 17.0 Å². The second-order valence-electron chi connectivity index (χ2n) is 3.92. The maximum atomic E-state index is 5.94. The first-order valence-corrected chi connectivity index (χ1v) is 6.43. The average Bonchev–Trinajstić information content (AvgIpc) is 2.84. The largest absolute Gasteiger partial charge is 0.388 e. The minimum Gasteiger partial charge on any atom is -0.388 e. The van der Waals surface area contributed by atoms with E-state index in [0.717, 1.165) is 27.0 Å². The van der Waals surface area contributed by atoms with Crippen molar-refractivity contribution in [3.05, 3.63) is 36.0 Å². The number of fused-ring (bicyclic) bond motifs is 1. The molecule has 0 unspecified atom stereocenters. The third-order valence-corrected chi connectivity index (χ3v) is 3.77. The van der Waals surface area contributed by atoms with Gasteiger partial charge in [0.25, 0.3) is 0 Å². The third-order valence-electron chi connectivity index (χ3n) is 2.88. The van der Waals surface area contributed by atoms with Crippen LogP contribution in [0.25, 0.3) is 21.3 Å². The van der Waals surface area contributed by atoms with Gasteiger partial charge in [0, 0.05) is 23.7 Å². The molecular formula is C13H12N4S. The van der Waals surface area contributed by atoms with Crippen molar-refractivity contribution in [3.63, 3.8) is 0 Å². The van der Waals surface area contributed by atoms with E-state index in [1.165, 1.54) is 6.33 Å². The zero-order valence-corrected chi connectivity index (χ0v) is 10.7. The molecule has 90 valence electrons. The molecule has 0 bridgehead atoms. The molecule has 0 fully saturated rings. The smallest absolute Gasteiger partial charge is 0.136 e. The third kappa shape index (κ3) is 1.69. The van der Waals surface area contributed by atoms with E-state index >= 15 is 0 Å². The highest BCUT2D eigenvalue weighted by atomic mass is 32.1. The zero-order valence-electron chi connectivity index (χ0n) is 9.84. The quantitative estimate of drug-likeness (QED) is 0.740. The molecule has 0 spiro atoms. The molecule has 0 aliphatic rings. The average molecular weight is 256 g/mol. The van der Waals surface area contributed by atoms with Gasteiger partial charge in [-0.15, -0.1) is 11.3 Å². The number of nitrogens with zero attached hydrogens (tertiary/aromatic N) is 2. The predicted molar refractivity (Wildman–Crippen MR) is 76.8 cm³/mol. The molecule has 3 aromatic rings.